The van der Waals surface area contributed by atoms with Gasteiger partial charge in [0.25, 0.3) is 0 Å². The van der Waals surface area contributed by atoms with Gasteiger partial charge in [-0.25, -0.2) is 4.98 Å². The number of hydrogen-bond donors (Lipinski definition) is 2. The highest BCUT2D eigenvalue weighted by molar-refractivity contribution is 7.11. The van der Waals surface area contributed by atoms with Gasteiger partial charge in [0.2, 0.25) is 0 Å². The molecule has 0 aromatic carbocycles. The van der Waals surface area contributed by atoms with Crippen molar-refractivity contribution in [2.45, 2.75) is 19.9 Å². The molecule has 0 fully saturated rings. The van der Waals surface area contributed by atoms with E-state index in [9.17, 15) is 0 Å². The number of nitrogens with zero attached hydrogens (tertiary/aromatic N) is 1. The first-order valence-electron chi connectivity index (χ1n) is 5.70. The predicted molar refractivity (Wildman–Crippen MR) is 67.9 cm³/mol. The normalized spacial score (nSPS) is 10.9. The van der Waals surface area contributed by atoms with E-state index in [0.29, 0.717) is 0 Å². The van der Waals surface area contributed by atoms with Crippen molar-refractivity contribution in [3.05, 3.63) is 16.1 Å². The number of methoxy groups -OCH3 is 1. The van der Waals surface area contributed by atoms with Crippen LogP contribution in [-0.2, 0) is 17.7 Å². The molecule has 92 valence electrons. The predicted octanol–water partition coefficient (Wildman–Crippen LogP) is 1.03. The molecular weight excluding hydrogens is 222 g/mol. The van der Waals surface area contributed by atoms with E-state index in [0.717, 1.165) is 39.2 Å². The first-order valence-corrected chi connectivity index (χ1v) is 6.52. The molecular formula is C11H21N3OS. The van der Waals surface area contributed by atoms with Crippen molar-refractivity contribution in [3.63, 3.8) is 0 Å². The largest absolute Gasteiger partial charge is 0.383 e. The van der Waals surface area contributed by atoms with Crippen LogP contribution in [0.5, 0.6) is 0 Å². The van der Waals surface area contributed by atoms with Gasteiger partial charge in [-0.2, -0.15) is 0 Å². The SMILES string of the molecule is CCc1cnc(CNCCNCCOC)s1. The summed E-state index contributed by atoms with van der Waals surface area (Å²) in [6.07, 6.45) is 3.05. The van der Waals surface area contributed by atoms with Crippen LogP contribution < -0.4 is 10.6 Å². The van der Waals surface area contributed by atoms with Crippen LogP contribution in [0, 0.1) is 0 Å². The standard InChI is InChI=1S/C11H21N3OS/c1-3-10-8-14-11(16-10)9-13-5-4-12-6-7-15-2/h8,12-13H,3-7,9H2,1-2H3. The molecule has 0 aliphatic carbocycles. The maximum Gasteiger partial charge on any atom is 0.107 e. The molecule has 0 unspecified atom stereocenters. The van der Waals surface area contributed by atoms with Crippen LogP contribution in [0.2, 0.25) is 0 Å². The van der Waals surface area contributed by atoms with E-state index in [-0.39, 0.29) is 0 Å². The molecule has 1 aromatic rings. The van der Waals surface area contributed by atoms with Gasteiger partial charge in [0.15, 0.2) is 0 Å². The van der Waals surface area contributed by atoms with Gasteiger partial charge in [-0.05, 0) is 6.42 Å². The second kappa shape index (κ2) is 8.64. The van der Waals surface area contributed by atoms with Crippen molar-refractivity contribution in [1.82, 2.24) is 15.6 Å². The summed E-state index contributed by atoms with van der Waals surface area (Å²) in [4.78, 5) is 5.71. The minimum Gasteiger partial charge on any atom is -0.383 e. The molecule has 1 aromatic heterocycles. The van der Waals surface area contributed by atoms with E-state index in [1.54, 1.807) is 18.4 Å². The van der Waals surface area contributed by atoms with E-state index in [2.05, 4.69) is 22.5 Å². The average molecular weight is 243 g/mol. The Labute approximate surface area is 101 Å². The highest BCUT2D eigenvalue weighted by atomic mass is 32.1. The zero-order chi connectivity index (χ0) is 11.6. The first-order chi connectivity index (χ1) is 7.86. The fraction of sp³-hybridized carbons (Fsp3) is 0.727. The molecule has 16 heavy (non-hydrogen) atoms. The number of aromatic nitrogens is 1. The van der Waals surface area contributed by atoms with E-state index >= 15 is 0 Å². The average Bonchev–Trinajstić information content (AvgIpc) is 2.76. The van der Waals surface area contributed by atoms with Crippen molar-refractivity contribution < 1.29 is 4.74 Å². The molecule has 0 spiro atoms. The fourth-order valence-corrected chi connectivity index (χ4v) is 2.10. The molecule has 2 N–H and O–H groups in total. The summed E-state index contributed by atoms with van der Waals surface area (Å²) in [6.45, 7) is 6.64. The van der Waals surface area contributed by atoms with Crippen LogP contribution in [-0.4, -0.2) is 38.3 Å². The first kappa shape index (κ1) is 13.6. The lowest BCUT2D eigenvalue weighted by atomic mass is 10.4. The van der Waals surface area contributed by atoms with Crippen molar-refractivity contribution in [1.29, 1.82) is 0 Å². The smallest absolute Gasteiger partial charge is 0.107 e. The van der Waals surface area contributed by atoms with E-state index < -0.39 is 0 Å². The van der Waals surface area contributed by atoms with Crippen molar-refractivity contribution >= 4 is 11.3 Å². The number of thiazole rings is 1. The summed E-state index contributed by atoms with van der Waals surface area (Å²) in [5, 5.41) is 7.82. The molecule has 5 heteroatoms. The molecule has 1 rings (SSSR count). The topological polar surface area (TPSA) is 46.2 Å². The molecule has 0 amide bonds. The molecule has 4 nitrogen and oxygen atoms in total. The third-order valence-electron chi connectivity index (χ3n) is 2.19. The Morgan fingerprint density at radius 1 is 1.31 bits per heavy atom. The van der Waals surface area contributed by atoms with E-state index in [1.165, 1.54) is 9.88 Å². The Balaban J connectivity index is 1.98. The second-order valence-electron chi connectivity index (χ2n) is 3.49. The van der Waals surface area contributed by atoms with Crippen LogP contribution in [0.15, 0.2) is 6.20 Å². The highest BCUT2D eigenvalue weighted by Crippen LogP contribution is 2.12. The molecule has 0 aliphatic rings. The summed E-state index contributed by atoms with van der Waals surface area (Å²) in [6, 6.07) is 0. The lowest BCUT2D eigenvalue weighted by Gasteiger charge is -2.04. The Kier molecular flexibility index (Phi) is 7.33. The van der Waals surface area contributed by atoms with Gasteiger partial charge in [0.05, 0.1) is 6.61 Å². The van der Waals surface area contributed by atoms with Gasteiger partial charge in [0, 0.05) is 44.4 Å². The van der Waals surface area contributed by atoms with Crippen molar-refractivity contribution in [3.8, 4) is 0 Å². The lowest BCUT2D eigenvalue weighted by Crippen LogP contribution is -2.29. The van der Waals surface area contributed by atoms with Gasteiger partial charge in [-0.15, -0.1) is 11.3 Å². The van der Waals surface area contributed by atoms with E-state index in [1.807, 2.05) is 6.20 Å². The van der Waals surface area contributed by atoms with Gasteiger partial charge in [-0.3, -0.25) is 0 Å². The Hall–Kier alpha value is -0.490. The summed E-state index contributed by atoms with van der Waals surface area (Å²) >= 11 is 1.79. The molecule has 1 heterocycles. The lowest BCUT2D eigenvalue weighted by molar-refractivity contribution is 0.199. The van der Waals surface area contributed by atoms with Crippen LogP contribution in [0.25, 0.3) is 0 Å². The summed E-state index contributed by atoms with van der Waals surface area (Å²) in [7, 11) is 1.72. The Morgan fingerprint density at radius 3 is 2.81 bits per heavy atom. The molecule has 0 saturated carbocycles. The third kappa shape index (κ3) is 5.55. The number of rotatable bonds is 9. The molecule has 0 atom stereocenters. The number of hydrogen-bond acceptors (Lipinski definition) is 5. The number of ether oxygens (including phenoxy) is 1. The van der Waals surface area contributed by atoms with Crippen LogP contribution >= 0.6 is 11.3 Å². The summed E-state index contributed by atoms with van der Waals surface area (Å²) < 4.78 is 4.94. The molecule has 0 aliphatic heterocycles. The highest BCUT2D eigenvalue weighted by Gasteiger charge is 1.98. The Bertz CT molecular complexity index is 278. The zero-order valence-electron chi connectivity index (χ0n) is 10.1. The molecule has 0 saturated heterocycles. The Morgan fingerprint density at radius 2 is 2.12 bits per heavy atom. The van der Waals surface area contributed by atoms with Gasteiger partial charge >= 0.3 is 0 Å². The van der Waals surface area contributed by atoms with Crippen molar-refractivity contribution in [2.24, 2.45) is 0 Å². The number of aryl methyl sites for hydroxylation is 1. The van der Waals surface area contributed by atoms with Gasteiger partial charge in [-0.1, -0.05) is 6.92 Å². The molecule has 0 radical (unpaired) electrons. The van der Waals surface area contributed by atoms with Crippen LogP contribution in [0.3, 0.4) is 0 Å². The third-order valence-corrected chi connectivity index (χ3v) is 3.33. The molecule has 0 bridgehead atoms. The number of nitrogens with one attached hydrogen (secondary N) is 2. The summed E-state index contributed by atoms with van der Waals surface area (Å²) in [5.41, 5.74) is 0. The van der Waals surface area contributed by atoms with Crippen LogP contribution in [0.4, 0.5) is 0 Å². The maximum atomic E-state index is 4.94. The minimum atomic E-state index is 0.770. The summed E-state index contributed by atoms with van der Waals surface area (Å²) in [5.74, 6) is 0. The van der Waals surface area contributed by atoms with E-state index in [4.69, 9.17) is 4.74 Å². The zero-order valence-corrected chi connectivity index (χ0v) is 10.9. The maximum absolute atomic E-state index is 4.94. The van der Waals surface area contributed by atoms with Gasteiger partial charge < -0.3 is 15.4 Å². The fourth-order valence-electron chi connectivity index (χ4n) is 1.26. The second-order valence-corrected chi connectivity index (χ2v) is 4.69. The monoisotopic (exact) mass is 243 g/mol. The van der Waals surface area contributed by atoms with Crippen LogP contribution in [0.1, 0.15) is 16.8 Å². The minimum absolute atomic E-state index is 0.770. The van der Waals surface area contributed by atoms with Gasteiger partial charge in [0.1, 0.15) is 5.01 Å². The van der Waals surface area contributed by atoms with Crippen molar-refractivity contribution in [2.75, 3.05) is 33.4 Å². The quantitative estimate of drug-likeness (QED) is 0.636.